The van der Waals surface area contributed by atoms with Gasteiger partial charge < -0.3 is 15.4 Å². The van der Waals surface area contributed by atoms with Crippen LogP contribution < -0.4 is 15.4 Å². The van der Waals surface area contributed by atoms with Gasteiger partial charge in [0.25, 0.3) is 0 Å². The largest absolute Gasteiger partial charge is 0.496 e. The van der Waals surface area contributed by atoms with Crippen LogP contribution in [0.2, 0.25) is 0 Å². The van der Waals surface area contributed by atoms with Crippen LogP contribution in [-0.4, -0.2) is 25.0 Å². The van der Waals surface area contributed by atoms with Crippen molar-refractivity contribution in [2.45, 2.75) is 65.0 Å². The summed E-state index contributed by atoms with van der Waals surface area (Å²) in [4.78, 5) is 25.2. The molecule has 2 N–H and O–H groups in total. The van der Waals surface area contributed by atoms with E-state index in [9.17, 15) is 9.59 Å². The standard InChI is InChI=1S/C20H30N2O3/c1-20(2,19(24)22-16-11-6-4-5-7-12-16)18(23)21-14-15-10-8-9-13-17(15)25-3/h8-10,13,16H,4-7,11-12,14H2,1-3H3,(H,21,23)(H,22,24). The van der Waals surface area contributed by atoms with Crippen LogP contribution in [0.3, 0.4) is 0 Å². The Hall–Kier alpha value is -2.04. The molecule has 0 unspecified atom stereocenters. The molecule has 0 spiro atoms. The van der Waals surface area contributed by atoms with E-state index in [1.807, 2.05) is 24.3 Å². The minimum Gasteiger partial charge on any atom is -0.496 e. The number of hydrogen-bond acceptors (Lipinski definition) is 3. The molecule has 0 atom stereocenters. The Morgan fingerprint density at radius 1 is 1.08 bits per heavy atom. The Labute approximate surface area is 150 Å². The molecular weight excluding hydrogens is 316 g/mol. The smallest absolute Gasteiger partial charge is 0.235 e. The average Bonchev–Trinajstić information content (AvgIpc) is 2.88. The monoisotopic (exact) mass is 346 g/mol. The van der Waals surface area contributed by atoms with Gasteiger partial charge in [0.2, 0.25) is 11.8 Å². The summed E-state index contributed by atoms with van der Waals surface area (Å²) in [5.41, 5.74) is -0.216. The Balaban J connectivity index is 1.92. The number of amides is 2. The van der Waals surface area contributed by atoms with Crippen LogP contribution in [0.25, 0.3) is 0 Å². The Bertz CT molecular complexity index is 590. The van der Waals surface area contributed by atoms with Gasteiger partial charge in [-0.1, -0.05) is 43.9 Å². The molecule has 25 heavy (non-hydrogen) atoms. The lowest BCUT2D eigenvalue weighted by molar-refractivity contribution is -0.141. The number of hydrogen-bond donors (Lipinski definition) is 2. The van der Waals surface area contributed by atoms with E-state index < -0.39 is 5.41 Å². The van der Waals surface area contributed by atoms with E-state index in [4.69, 9.17) is 4.74 Å². The fourth-order valence-corrected chi connectivity index (χ4v) is 3.14. The van der Waals surface area contributed by atoms with E-state index >= 15 is 0 Å². The summed E-state index contributed by atoms with van der Waals surface area (Å²) in [6.07, 6.45) is 6.76. The maximum Gasteiger partial charge on any atom is 0.235 e. The van der Waals surface area contributed by atoms with Crippen LogP contribution in [0.5, 0.6) is 5.75 Å². The van der Waals surface area contributed by atoms with Gasteiger partial charge in [-0.25, -0.2) is 0 Å². The van der Waals surface area contributed by atoms with Crippen molar-refractivity contribution in [2.24, 2.45) is 5.41 Å². The molecule has 0 aliphatic heterocycles. The molecule has 5 heteroatoms. The third-order valence-electron chi connectivity index (χ3n) is 4.96. The second-order valence-electron chi connectivity index (χ2n) is 7.28. The molecule has 138 valence electrons. The number of benzene rings is 1. The van der Waals surface area contributed by atoms with Crippen molar-refractivity contribution in [3.05, 3.63) is 29.8 Å². The molecule has 0 bridgehead atoms. The number of nitrogens with one attached hydrogen (secondary N) is 2. The molecule has 1 aliphatic carbocycles. The summed E-state index contributed by atoms with van der Waals surface area (Å²) in [7, 11) is 1.60. The fourth-order valence-electron chi connectivity index (χ4n) is 3.14. The number of carbonyl (C=O) groups is 2. The zero-order valence-corrected chi connectivity index (χ0v) is 15.6. The molecule has 0 aromatic heterocycles. The number of para-hydroxylation sites is 1. The summed E-state index contributed by atoms with van der Waals surface area (Å²) in [5.74, 6) is 0.255. The van der Waals surface area contributed by atoms with E-state index in [2.05, 4.69) is 10.6 Å². The minimum absolute atomic E-state index is 0.191. The van der Waals surface area contributed by atoms with Crippen molar-refractivity contribution in [3.8, 4) is 5.75 Å². The quantitative estimate of drug-likeness (QED) is 0.614. The molecule has 1 aromatic rings. The second-order valence-corrected chi connectivity index (χ2v) is 7.28. The average molecular weight is 346 g/mol. The predicted molar refractivity (Wildman–Crippen MR) is 98.3 cm³/mol. The second kappa shape index (κ2) is 8.88. The number of methoxy groups -OCH3 is 1. The zero-order valence-electron chi connectivity index (χ0n) is 15.6. The third-order valence-corrected chi connectivity index (χ3v) is 4.96. The first-order chi connectivity index (χ1) is 11.9. The van der Waals surface area contributed by atoms with Crippen LogP contribution >= 0.6 is 0 Å². The van der Waals surface area contributed by atoms with E-state index in [0.717, 1.165) is 37.0 Å². The van der Waals surface area contributed by atoms with Gasteiger partial charge in [0.1, 0.15) is 11.2 Å². The van der Waals surface area contributed by atoms with Crippen molar-refractivity contribution < 1.29 is 14.3 Å². The van der Waals surface area contributed by atoms with Gasteiger partial charge in [-0.2, -0.15) is 0 Å². The number of carbonyl (C=O) groups excluding carboxylic acids is 2. The SMILES string of the molecule is COc1ccccc1CNC(=O)C(C)(C)C(=O)NC1CCCCCC1. The Morgan fingerprint density at radius 3 is 2.36 bits per heavy atom. The fraction of sp³-hybridized carbons (Fsp3) is 0.600. The highest BCUT2D eigenvalue weighted by Gasteiger charge is 2.36. The molecule has 2 amide bonds. The van der Waals surface area contributed by atoms with Crippen LogP contribution in [0, 0.1) is 5.41 Å². The third kappa shape index (κ3) is 5.21. The predicted octanol–water partition coefficient (Wildman–Crippen LogP) is 3.18. The molecule has 0 saturated heterocycles. The van der Waals surface area contributed by atoms with E-state index in [-0.39, 0.29) is 17.9 Å². The summed E-state index contributed by atoms with van der Waals surface area (Å²) < 4.78 is 5.29. The highest BCUT2D eigenvalue weighted by Crippen LogP contribution is 2.22. The van der Waals surface area contributed by atoms with Gasteiger partial charge in [-0.3, -0.25) is 9.59 Å². The molecule has 5 nitrogen and oxygen atoms in total. The van der Waals surface area contributed by atoms with Gasteiger partial charge in [0, 0.05) is 18.2 Å². The first-order valence-electron chi connectivity index (χ1n) is 9.16. The zero-order chi connectivity index (χ0) is 18.3. The maximum absolute atomic E-state index is 12.6. The molecule has 2 rings (SSSR count). The first kappa shape index (κ1) is 19.3. The van der Waals surface area contributed by atoms with Crippen molar-refractivity contribution in [3.63, 3.8) is 0 Å². The summed E-state index contributed by atoms with van der Waals surface area (Å²) in [6, 6.07) is 7.72. The molecule has 1 saturated carbocycles. The molecule has 1 aromatic carbocycles. The van der Waals surface area contributed by atoms with Gasteiger partial charge in [-0.15, -0.1) is 0 Å². The highest BCUT2D eigenvalue weighted by molar-refractivity contribution is 6.04. The topological polar surface area (TPSA) is 67.4 Å². The number of ether oxygens (including phenoxy) is 1. The maximum atomic E-state index is 12.6. The highest BCUT2D eigenvalue weighted by atomic mass is 16.5. The lowest BCUT2D eigenvalue weighted by atomic mass is 9.90. The van der Waals surface area contributed by atoms with Crippen molar-refractivity contribution in [1.82, 2.24) is 10.6 Å². The lowest BCUT2D eigenvalue weighted by Gasteiger charge is -2.26. The van der Waals surface area contributed by atoms with E-state index in [1.165, 1.54) is 12.8 Å². The molecule has 0 radical (unpaired) electrons. The van der Waals surface area contributed by atoms with Crippen molar-refractivity contribution in [1.29, 1.82) is 0 Å². The van der Waals surface area contributed by atoms with Gasteiger partial charge >= 0.3 is 0 Å². The van der Waals surface area contributed by atoms with Crippen molar-refractivity contribution >= 4 is 11.8 Å². The number of rotatable bonds is 6. The van der Waals surface area contributed by atoms with Crippen LogP contribution in [0.15, 0.2) is 24.3 Å². The Kier molecular flexibility index (Phi) is 6.85. The van der Waals surface area contributed by atoms with Gasteiger partial charge in [0.05, 0.1) is 7.11 Å². The van der Waals surface area contributed by atoms with Gasteiger partial charge in [-0.05, 0) is 32.8 Å². The van der Waals surface area contributed by atoms with Crippen LogP contribution in [0.4, 0.5) is 0 Å². The Morgan fingerprint density at radius 2 is 1.72 bits per heavy atom. The molecule has 1 aliphatic rings. The molecule has 1 fully saturated rings. The van der Waals surface area contributed by atoms with E-state index in [0.29, 0.717) is 6.54 Å². The van der Waals surface area contributed by atoms with Crippen LogP contribution in [-0.2, 0) is 16.1 Å². The summed E-state index contributed by atoms with van der Waals surface area (Å²) in [6.45, 7) is 3.69. The normalized spacial score (nSPS) is 16.0. The minimum atomic E-state index is -1.10. The summed E-state index contributed by atoms with van der Waals surface area (Å²) >= 11 is 0. The van der Waals surface area contributed by atoms with E-state index in [1.54, 1.807) is 21.0 Å². The summed E-state index contributed by atoms with van der Waals surface area (Å²) in [5, 5.41) is 5.94. The molecule has 0 heterocycles. The van der Waals surface area contributed by atoms with Crippen LogP contribution in [0.1, 0.15) is 57.9 Å². The first-order valence-corrected chi connectivity index (χ1v) is 9.16. The van der Waals surface area contributed by atoms with Gasteiger partial charge in [0.15, 0.2) is 0 Å². The molecular formula is C20H30N2O3. The van der Waals surface area contributed by atoms with Crippen molar-refractivity contribution in [2.75, 3.05) is 7.11 Å². The lowest BCUT2D eigenvalue weighted by Crippen LogP contribution is -2.50.